The smallest absolute Gasteiger partial charge is 0.257 e. The Labute approximate surface area is 183 Å². The zero-order valence-corrected chi connectivity index (χ0v) is 17.6. The number of benzene rings is 2. The molecule has 0 bridgehead atoms. The van der Waals surface area contributed by atoms with Gasteiger partial charge in [0.25, 0.3) is 5.89 Å². The first-order valence-electron chi connectivity index (χ1n) is 10.2. The molecule has 31 heavy (non-hydrogen) atoms. The van der Waals surface area contributed by atoms with E-state index in [1.807, 2.05) is 24.4 Å². The largest absolute Gasteiger partial charge is 0.376 e. The van der Waals surface area contributed by atoms with Crippen molar-refractivity contribution in [3.05, 3.63) is 72.4 Å². The maximum atomic E-state index is 13.1. The second kappa shape index (κ2) is 9.03. The first-order valence-corrected chi connectivity index (χ1v) is 11.2. The fraction of sp³-hybridized carbons (Fsp3) is 0.261. The molecule has 0 spiro atoms. The molecule has 6 nitrogen and oxygen atoms in total. The standard InChI is InChI=1S/C23H21FN4O2S/c24-18-10-8-17(9-11-18)22-26-21(27-30-22)15-31-23-25-13-20(16-5-2-1-3-6-16)28(23)14-19-7-4-12-29-19/h1-3,5-6,8-11,13,19H,4,7,12,14-15H2. The molecular weight excluding hydrogens is 415 g/mol. The molecule has 2 aromatic carbocycles. The molecule has 0 saturated carbocycles. The highest BCUT2D eigenvalue weighted by Crippen LogP contribution is 2.30. The highest BCUT2D eigenvalue weighted by Gasteiger charge is 2.21. The Bertz CT molecular complexity index is 1140. The molecule has 1 unspecified atom stereocenters. The van der Waals surface area contributed by atoms with Crippen LogP contribution in [0.2, 0.25) is 0 Å². The van der Waals surface area contributed by atoms with Crippen LogP contribution in [0.15, 0.2) is 70.5 Å². The van der Waals surface area contributed by atoms with Gasteiger partial charge in [0.2, 0.25) is 0 Å². The molecule has 1 saturated heterocycles. The van der Waals surface area contributed by atoms with Gasteiger partial charge in [-0.25, -0.2) is 9.37 Å². The minimum Gasteiger partial charge on any atom is -0.376 e. The summed E-state index contributed by atoms with van der Waals surface area (Å²) in [4.78, 5) is 9.11. The van der Waals surface area contributed by atoms with E-state index in [1.54, 1.807) is 23.9 Å². The van der Waals surface area contributed by atoms with Crippen LogP contribution in [0.3, 0.4) is 0 Å². The number of nitrogens with zero attached hydrogens (tertiary/aromatic N) is 4. The summed E-state index contributed by atoms with van der Waals surface area (Å²) in [5.74, 6) is 1.16. The molecule has 0 amide bonds. The molecule has 158 valence electrons. The quantitative estimate of drug-likeness (QED) is 0.371. The van der Waals surface area contributed by atoms with Crippen LogP contribution in [-0.2, 0) is 17.0 Å². The molecule has 4 aromatic rings. The fourth-order valence-corrected chi connectivity index (χ4v) is 4.46. The van der Waals surface area contributed by atoms with E-state index in [1.165, 1.54) is 12.1 Å². The number of rotatable bonds is 7. The second-order valence-corrected chi connectivity index (χ2v) is 8.29. The van der Waals surface area contributed by atoms with Crippen molar-refractivity contribution in [3.63, 3.8) is 0 Å². The third-order valence-electron chi connectivity index (χ3n) is 5.19. The SMILES string of the molecule is Fc1ccc(-c2nc(CSc3ncc(-c4ccccc4)n3CC3CCCO3)no2)cc1. The van der Waals surface area contributed by atoms with Crippen LogP contribution in [0.5, 0.6) is 0 Å². The van der Waals surface area contributed by atoms with Gasteiger partial charge in [-0.2, -0.15) is 4.98 Å². The Morgan fingerprint density at radius 2 is 1.90 bits per heavy atom. The molecule has 1 aliphatic heterocycles. The first kappa shape index (κ1) is 20.0. The summed E-state index contributed by atoms with van der Waals surface area (Å²) in [6.07, 6.45) is 4.26. The van der Waals surface area contributed by atoms with Gasteiger partial charge in [0.15, 0.2) is 11.0 Å². The fourth-order valence-electron chi connectivity index (χ4n) is 3.63. The van der Waals surface area contributed by atoms with Crippen molar-refractivity contribution in [1.29, 1.82) is 0 Å². The van der Waals surface area contributed by atoms with E-state index in [4.69, 9.17) is 9.26 Å². The Kier molecular flexibility index (Phi) is 5.82. The molecule has 0 radical (unpaired) electrons. The van der Waals surface area contributed by atoms with Gasteiger partial charge in [0.05, 0.1) is 30.3 Å². The summed E-state index contributed by atoms with van der Waals surface area (Å²) >= 11 is 1.56. The molecule has 8 heteroatoms. The first-order chi connectivity index (χ1) is 15.3. The van der Waals surface area contributed by atoms with E-state index >= 15 is 0 Å². The average molecular weight is 437 g/mol. The van der Waals surface area contributed by atoms with E-state index in [0.717, 1.165) is 42.4 Å². The zero-order valence-electron chi connectivity index (χ0n) is 16.8. The number of thioether (sulfide) groups is 1. The molecule has 1 atom stereocenters. The van der Waals surface area contributed by atoms with E-state index in [0.29, 0.717) is 23.0 Å². The molecular formula is C23H21FN4O2S. The maximum Gasteiger partial charge on any atom is 0.257 e. The van der Waals surface area contributed by atoms with Crippen molar-refractivity contribution in [2.75, 3.05) is 6.61 Å². The summed E-state index contributed by atoms with van der Waals surface area (Å²) in [6, 6.07) is 16.2. The van der Waals surface area contributed by atoms with Gasteiger partial charge >= 0.3 is 0 Å². The molecule has 0 N–H and O–H groups in total. The zero-order chi connectivity index (χ0) is 21.0. The lowest BCUT2D eigenvalue weighted by molar-refractivity contribution is 0.0954. The van der Waals surface area contributed by atoms with Crippen molar-refractivity contribution in [3.8, 4) is 22.7 Å². The van der Waals surface area contributed by atoms with Gasteiger partial charge in [-0.05, 0) is 42.7 Å². The lowest BCUT2D eigenvalue weighted by Gasteiger charge is -2.16. The van der Waals surface area contributed by atoms with Crippen LogP contribution in [0, 0.1) is 5.82 Å². The van der Waals surface area contributed by atoms with Crippen LogP contribution in [0.4, 0.5) is 4.39 Å². The van der Waals surface area contributed by atoms with Crippen LogP contribution in [-0.4, -0.2) is 32.4 Å². The minimum atomic E-state index is -0.300. The van der Waals surface area contributed by atoms with E-state index in [9.17, 15) is 4.39 Å². The predicted octanol–water partition coefficient (Wildman–Crippen LogP) is 5.21. The summed E-state index contributed by atoms with van der Waals surface area (Å²) in [6.45, 7) is 1.58. The Hall–Kier alpha value is -2.97. The van der Waals surface area contributed by atoms with E-state index in [-0.39, 0.29) is 11.9 Å². The monoisotopic (exact) mass is 436 g/mol. The maximum absolute atomic E-state index is 13.1. The second-order valence-electron chi connectivity index (χ2n) is 7.35. The van der Waals surface area contributed by atoms with Crippen molar-refractivity contribution in [2.45, 2.75) is 36.4 Å². The molecule has 3 heterocycles. The lowest BCUT2D eigenvalue weighted by Crippen LogP contribution is -2.16. The van der Waals surface area contributed by atoms with Gasteiger partial charge in [-0.1, -0.05) is 47.3 Å². The summed E-state index contributed by atoms with van der Waals surface area (Å²) in [5, 5.41) is 4.96. The van der Waals surface area contributed by atoms with Crippen molar-refractivity contribution < 1.29 is 13.7 Å². The molecule has 2 aromatic heterocycles. The summed E-state index contributed by atoms with van der Waals surface area (Å²) in [5.41, 5.74) is 2.88. The third-order valence-corrected chi connectivity index (χ3v) is 6.17. The van der Waals surface area contributed by atoms with Crippen LogP contribution in [0.1, 0.15) is 18.7 Å². The Morgan fingerprint density at radius 3 is 2.68 bits per heavy atom. The third kappa shape index (κ3) is 4.55. The number of hydrogen-bond acceptors (Lipinski definition) is 6. The number of aromatic nitrogens is 4. The van der Waals surface area contributed by atoms with Crippen LogP contribution < -0.4 is 0 Å². The number of hydrogen-bond donors (Lipinski definition) is 0. The van der Waals surface area contributed by atoms with Gasteiger partial charge < -0.3 is 13.8 Å². The number of imidazole rings is 1. The lowest BCUT2D eigenvalue weighted by atomic mass is 10.1. The molecule has 5 rings (SSSR count). The van der Waals surface area contributed by atoms with Gasteiger partial charge in [0, 0.05) is 12.2 Å². The molecule has 1 fully saturated rings. The van der Waals surface area contributed by atoms with Gasteiger partial charge in [-0.3, -0.25) is 0 Å². The Balaban J connectivity index is 1.35. The van der Waals surface area contributed by atoms with E-state index < -0.39 is 0 Å². The molecule has 0 aliphatic carbocycles. The summed E-state index contributed by atoms with van der Waals surface area (Å²) < 4.78 is 26.6. The topological polar surface area (TPSA) is 66.0 Å². The number of ether oxygens (including phenoxy) is 1. The van der Waals surface area contributed by atoms with E-state index in [2.05, 4.69) is 31.8 Å². The van der Waals surface area contributed by atoms with Gasteiger partial charge in [0.1, 0.15) is 5.82 Å². The van der Waals surface area contributed by atoms with Crippen LogP contribution in [0.25, 0.3) is 22.7 Å². The van der Waals surface area contributed by atoms with Crippen LogP contribution >= 0.6 is 11.8 Å². The van der Waals surface area contributed by atoms with Crippen molar-refractivity contribution in [2.24, 2.45) is 0 Å². The number of halogens is 1. The average Bonchev–Trinajstić information content (AvgIpc) is 3.56. The molecule has 1 aliphatic rings. The van der Waals surface area contributed by atoms with Crippen molar-refractivity contribution >= 4 is 11.8 Å². The van der Waals surface area contributed by atoms with Crippen molar-refractivity contribution in [1.82, 2.24) is 19.7 Å². The highest BCUT2D eigenvalue weighted by atomic mass is 32.2. The highest BCUT2D eigenvalue weighted by molar-refractivity contribution is 7.98. The predicted molar refractivity (Wildman–Crippen MR) is 116 cm³/mol. The normalized spacial score (nSPS) is 16.1. The Morgan fingerprint density at radius 1 is 1.06 bits per heavy atom. The summed E-state index contributed by atoms with van der Waals surface area (Å²) in [7, 11) is 0. The van der Waals surface area contributed by atoms with Gasteiger partial charge in [-0.15, -0.1) is 0 Å². The minimum absolute atomic E-state index is 0.200.